The number of carbonyl (C=O) groups is 1. The average Bonchev–Trinajstić information content (AvgIpc) is 2.85. The lowest BCUT2D eigenvalue weighted by Crippen LogP contribution is -2.07. The molecule has 0 aliphatic heterocycles. The molecule has 1 aromatic carbocycles. The maximum atomic E-state index is 11.3. The topological polar surface area (TPSA) is 39.2 Å². The normalized spacial score (nSPS) is 10.4. The van der Waals surface area contributed by atoms with E-state index in [9.17, 15) is 4.79 Å². The van der Waals surface area contributed by atoms with E-state index in [1.807, 2.05) is 23.6 Å². The summed E-state index contributed by atoms with van der Waals surface area (Å²) in [4.78, 5) is 17.0. The summed E-state index contributed by atoms with van der Waals surface area (Å²) in [5.74, 6) is 0.618. The van der Waals surface area contributed by atoms with E-state index < -0.39 is 0 Å². The number of esters is 1. The molecule has 3 nitrogen and oxygen atoms in total. The van der Waals surface area contributed by atoms with Crippen molar-refractivity contribution in [3.8, 4) is 0 Å². The molecule has 0 fully saturated rings. The SMILES string of the molecule is CCOC(=O)Cc1csc(CSc2ccccc2)n1. The summed E-state index contributed by atoms with van der Waals surface area (Å²) < 4.78 is 4.90. The summed E-state index contributed by atoms with van der Waals surface area (Å²) in [6.07, 6.45) is 0.264. The van der Waals surface area contributed by atoms with E-state index in [4.69, 9.17) is 4.74 Å². The molecule has 1 aromatic heterocycles. The van der Waals surface area contributed by atoms with Crippen molar-refractivity contribution in [2.45, 2.75) is 24.0 Å². The smallest absolute Gasteiger partial charge is 0.311 e. The minimum absolute atomic E-state index is 0.213. The Morgan fingerprint density at radius 3 is 2.89 bits per heavy atom. The van der Waals surface area contributed by atoms with Crippen LogP contribution in [-0.2, 0) is 21.7 Å². The van der Waals surface area contributed by atoms with Crippen LogP contribution >= 0.6 is 23.1 Å². The van der Waals surface area contributed by atoms with Gasteiger partial charge in [0.15, 0.2) is 0 Å². The minimum atomic E-state index is -0.213. The van der Waals surface area contributed by atoms with Crippen molar-refractivity contribution in [3.05, 3.63) is 46.4 Å². The molecule has 0 aliphatic carbocycles. The van der Waals surface area contributed by atoms with E-state index in [0.717, 1.165) is 16.5 Å². The van der Waals surface area contributed by atoms with E-state index in [1.54, 1.807) is 30.0 Å². The van der Waals surface area contributed by atoms with E-state index in [2.05, 4.69) is 17.1 Å². The Kier molecular flexibility index (Phi) is 5.42. The lowest BCUT2D eigenvalue weighted by Gasteiger charge is -1.99. The first kappa shape index (κ1) is 14.1. The summed E-state index contributed by atoms with van der Waals surface area (Å²) in [7, 11) is 0. The lowest BCUT2D eigenvalue weighted by molar-refractivity contribution is -0.142. The number of carbonyl (C=O) groups excluding carboxylic acids is 1. The zero-order valence-electron chi connectivity index (χ0n) is 10.7. The number of thioether (sulfide) groups is 1. The highest BCUT2D eigenvalue weighted by atomic mass is 32.2. The number of hydrogen-bond donors (Lipinski definition) is 0. The molecule has 0 atom stereocenters. The number of hydrogen-bond acceptors (Lipinski definition) is 5. The standard InChI is InChI=1S/C14H15NO2S2/c1-2-17-14(16)8-11-9-19-13(15-11)10-18-12-6-4-3-5-7-12/h3-7,9H,2,8,10H2,1H3. The first-order valence-electron chi connectivity index (χ1n) is 6.04. The maximum Gasteiger partial charge on any atom is 0.311 e. The first-order valence-corrected chi connectivity index (χ1v) is 7.91. The largest absolute Gasteiger partial charge is 0.466 e. The van der Waals surface area contributed by atoms with Gasteiger partial charge in [-0.1, -0.05) is 18.2 Å². The fourth-order valence-electron chi connectivity index (χ4n) is 1.52. The lowest BCUT2D eigenvalue weighted by atomic mass is 10.3. The Bertz CT molecular complexity index is 525. The third-order valence-corrected chi connectivity index (χ3v) is 4.44. The Morgan fingerprint density at radius 2 is 2.16 bits per heavy atom. The summed E-state index contributed by atoms with van der Waals surface area (Å²) in [6.45, 7) is 2.22. The van der Waals surface area contributed by atoms with Gasteiger partial charge in [-0.05, 0) is 19.1 Å². The van der Waals surface area contributed by atoms with E-state index in [1.165, 1.54) is 4.90 Å². The van der Waals surface area contributed by atoms with Crippen LogP contribution in [0, 0.1) is 0 Å². The number of rotatable bonds is 6. The summed E-state index contributed by atoms with van der Waals surface area (Å²) in [5, 5.41) is 2.96. The second kappa shape index (κ2) is 7.31. The number of ether oxygens (including phenoxy) is 1. The van der Waals surface area contributed by atoms with Gasteiger partial charge < -0.3 is 4.74 Å². The van der Waals surface area contributed by atoms with Gasteiger partial charge in [0.1, 0.15) is 5.01 Å². The molecule has 5 heteroatoms. The monoisotopic (exact) mass is 293 g/mol. The van der Waals surface area contributed by atoms with Crippen molar-refractivity contribution < 1.29 is 9.53 Å². The van der Waals surface area contributed by atoms with Crippen molar-refractivity contribution in [2.24, 2.45) is 0 Å². The third-order valence-electron chi connectivity index (χ3n) is 2.34. The number of thiazole rings is 1. The van der Waals surface area contributed by atoms with Gasteiger partial charge in [-0.3, -0.25) is 4.79 Å². The van der Waals surface area contributed by atoms with E-state index in [0.29, 0.717) is 6.61 Å². The molecule has 0 spiro atoms. The molecule has 0 radical (unpaired) electrons. The van der Waals surface area contributed by atoms with Gasteiger partial charge in [0.2, 0.25) is 0 Å². The molecule has 100 valence electrons. The zero-order valence-corrected chi connectivity index (χ0v) is 12.3. The molecular formula is C14H15NO2S2. The van der Waals surface area contributed by atoms with Gasteiger partial charge in [0.25, 0.3) is 0 Å². The Morgan fingerprint density at radius 1 is 1.37 bits per heavy atom. The van der Waals surface area contributed by atoms with Crippen molar-refractivity contribution in [2.75, 3.05) is 6.61 Å². The van der Waals surface area contributed by atoms with Gasteiger partial charge in [-0.15, -0.1) is 23.1 Å². The third kappa shape index (κ3) is 4.69. The van der Waals surface area contributed by atoms with Gasteiger partial charge >= 0.3 is 5.97 Å². The van der Waals surface area contributed by atoms with Gasteiger partial charge in [0.05, 0.1) is 24.5 Å². The quantitative estimate of drug-likeness (QED) is 0.603. The predicted molar refractivity (Wildman–Crippen MR) is 78.5 cm³/mol. The second-order valence-electron chi connectivity index (χ2n) is 3.82. The van der Waals surface area contributed by atoms with Gasteiger partial charge in [-0.25, -0.2) is 4.98 Å². The summed E-state index contributed by atoms with van der Waals surface area (Å²) in [5.41, 5.74) is 0.798. The van der Waals surface area contributed by atoms with Gasteiger partial charge in [-0.2, -0.15) is 0 Å². The number of nitrogens with zero attached hydrogens (tertiary/aromatic N) is 1. The van der Waals surface area contributed by atoms with Crippen LogP contribution in [0.1, 0.15) is 17.6 Å². The molecule has 0 amide bonds. The molecule has 0 bridgehead atoms. The van der Waals surface area contributed by atoms with Crippen LogP contribution in [0.15, 0.2) is 40.6 Å². The average molecular weight is 293 g/mol. The summed E-state index contributed by atoms with van der Waals surface area (Å²) in [6, 6.07) is 10.2. The Labute approximate surface area is 121 Å². The highest BCUT2D eigenvalue weighted by Crippen LogP contribution is 2.24. The first-order chi connectivity index (χ1) is 9.28. The Hall–Kier alpha value is -1.33. The van der Waals surface area contributed by atoms with Crippen LogP contribution in [-0.4, -0.2) is 17.6 Å². The molecule has 0 saturated heterocycles. The molecular weight excluding hydrogens is 278 g/mol. The van der Waals surface area contributed by atoms with Crippen LogP contribution in [0.2, 0.25) is 0 Å². The fourth-order valence-corrected chi connectivity index (χ4v) is 3.25. The fraction of sp³-hybridized carbons (Fsp3) is 0.286. The van der Waals surface area contributed by atoms with E-state index >= 15 is 0 Å². The molecule has 1 heterocycles. The molecule has 2 aromatic rings. The van der Waals surface area contributed by atoms with Crippen LogP contribution in [0.25, 0.3) is 0 Å². The van der Waals surface area contributed by atoms with Crippen molar-refractivity contribution in [1.82, 2.24) is 4.98 Å². The minimum Gasteiger partial charge on any atom is -0.466 e. The van der Waals surface area contributed by atoms with Crippen LogP contribution in [0.3, 0.4) is 0 Å². The zero-order chi connectivity index (χ0) is 13.5. The van der Waals surface area contributed by atoms with E-state index in [-0.39, 0.29) is 12.4 Å². The van der Waals surface area contributed by atoms with Crippen LogP contribution in [0.5, 0.6) is 0 Å². The summed E-state index contributed by atoms with van der Waals surface area (Å²) >= 11 is 3.34. The molecule has 0 unspecified atom stereocenters. The van der Waals surface area contributed by atoms with Crippen molar-refractivity contribution in [1.29, 1.82) is 0 Å². The molecule has 0 N–H and O–H groups in total. The Balaban J connectivity index is 1.85. The molecule has 19 heavy (non-hydrogen) atoms. The molecule has 0 saturated carbocycles. The van der Waals surface area contributed by atoms with Crippen LogP contribution in [0.4, 0.5) is 0 Å². The highest BCUT2D eigenvalue weighted by Gasteiger charge is 2.08. The predicted octanol–water partition coefficient (Wildman–Crippen LogP) is 3.54. The maximum absolute atomic E-state index is 11.3. The second-order valence-corrected chi connectivity index (χ2v) is 5.81. The van der Waals surface area contributed by atoms with Gasteiger partial charge in [0, 0.05) is 10.3 Å². The molecule has 2 rings (SSSR count). The number of aromatic nitrogens is 1. The number of benzene rings is 1. The molecule has 0 aliphatic rings. The van der Waals surface area contributed by atoms with Crippen LogP contribution < -0.4 is 0 Å². The van der Waals surface area contributed by atoms with Crippen molar-refractivity contribution >= 4 is 29.1 Å². The highest BCUT2D eigenvalue weighted by molar-refractivity contribution is 7.98. The van der Waals surface area contributed by atoms with Crippen molar-refractivity contribution in [3.63, 3.8) is 0 Å².